The Labute approximate surface area is 197 Å². The molecule has 0 atom stereocenters. The van der Waals surface area contributed by atoms with Crippen molar-refractivity contribution < 1.29 is 4.79 Å². The Kier molecular flexibility index (Phi) is 6.24. The van der Waals surface area contributed by atoms with E-state index in [0.29, 0.717) is 36.4 Å². The summed E-state index contributed by atoms with van der Waals surface area (Å²) in [6, 6.07) is 0. The summed E-state index contributed by atoms with van der Waals surface area (Å²) in [4.78, 5) is 41.5. The van der Waals surface area contributed by atoms with Crippen LogP contribution in [0.1, 0.15) is 77.4 Å². The topological polar surface area (TPSA) is 125 Å². The lowest BCUT2D eigenvalue weighted by Crippen LogP contribution is -2.13. The Morgan fingerprint density at radius 3 is 2.71 bits per heavy atom. The number of hydrogen-bond donors (Lipinski definition) is 3. The van der Waals surface area contributed by atoms with E-state index in [1.54, 1.807) is 41.9 Å². The molecule has 9 nitrogen and oxygen atoms in total. The molecule has 1 aliphatic carbocycles. The Morgan fingerprint density at radius 2 is 1.97 bits per heavy atom. The zero-order valence-electron chi connectivity index (χ0n) is 19.3. The van der Waals surface area contributed by atoms with Crippen molar-refractivity contribution in [3.8, 4) is 11.3 Å². The molecule has 0 amide bonds. The van der Waals surface area contributed by atoms with Crippen LogP contribution in [-0.2, 0) is 12.8 Å². The van der Waals surface area contributed by atoms with Gasteiger partial charge in [0.15, 0.2) is 0 Å². The van der Waals surface area contributed by atoms with Crippen LogP contribution in [0, 0.1) is 6.92 Å². The molecule has 0 radical (unpaired) electrons. The standard InChI is InChI=1S/C25H29N7O2/c1-16-18(7-8-22(33)32-12-11-26-15-32)23(17-5-3-2-4-6-17)20(30-16)13-21-24(28-10-9-27-21)19-14-29-31-25(19)34/h9-12,14-15,17,30H,2-8,13H2,1H3,(H2,29,31,34). The van der Waals surface area contributed by atoms with Gasteiger partial charge in [0.25, 0.3) is 5.56 Å². The van der Waals surface area contributed by atoms with Crippen molar-refractivity contribution in [1.82, 2.24) is 34.7 Å². The average Bonchev–Trinajstić information content (AvgIpc) is 3.60. The molecule has 5 rings (SSSR count). The molecule has 9 heteroatoms. The van der Waals surface area contributed by atoms with Crippen LogP contribution in [0.15, 0.2) is 42.1 Å². The van der Waals surface area contributed by atoms with E-state index in [2.05, 4.69) is 37.1 Å². The van der Waals surface area contributed by atoms with Crippen molar-refractivity contribution in [3.63, 3.8) is 0 Å². The first-order valence-corrected chi connectivity index (χ1v) is 11.9. The first kappa shape index (κ1) is 22.1. The summed E-state index contributed by atoms with van der Waals surface area (Å²) in [6.07, 6.45) is 17.4. The third-order valence-corrected chi connectivity index (χ3v) is 6.86. The normalized spacial score (nSPS) is 14.5. The van der Waals surface area contributed by atoms with Gasteiger partial charge in [-0.25, -0.2) is 4.98 Å². The summed E-state index contributed by atoms with van der Waals surface area (Å²) in [7, 11) is 0. The lowest BCUT2D eigenvalue weighted by atomic mass is 9.80. The predicted molar refractivity (Wildman–Crippen MR) is 128 cm³/mol. The van der Waals surface area contributed by atoms with Gasteiger partial charge in [0, 0.05) is 55.2 Å². The SMILES string of the molecule is Cc1[nH]c(Cc2nccnc2-c2c[nH][nH]c2=O)c(C2CCCCC2)c1CCC(=O)n1ccnc1. The molecule has 176 valence electrons. The van der Waals surface area contributed by atoms with Gasteiger partial charge in [-0.15, -0.1) is 0 Å². The Morgan fingerprint density at radius 1 is 1.15 bits per heavy atom. The van der Waals surface area contributed by atoms with Gasteiger partial charge in [-0.2, -0.15) is 0 Å². The minimum Gasteiger partial charge on any atom is -0.362 e. The van der Waals surface area contributed by atoms with E-state index in [-0.39, 0.29) is 11.5 Å². The number of aromatic nitrogens is 7. The van der Waals surface area contributed by atoms with Crippen LogP contribution >= 0.6 is 0 Å². The molecule has 1 aliphatic rings. The maximum atomic E-state index is 12.6. The molecule has 1 fully saturated rings. The Balaban J connectivity index is 1.49. The zero-order valence-corrected chi connectivity index (χ0v) is 19.3. The maximum Gasteiger partial charge on any atom is 0.273 e. The number of imidazole rings is 1. The van der Waals surface area contributed by atoms with Crippen molar-refractivity contribution in [2.24, 2.45) is 0 Å². The van der Waals surface area contributed by atoms with Crippen LogP contribution in [0.25, 0.3) is 11.3 Å². The number of rotatable bonds is 7. The molecule has 0 saturated heterocycles. The van der Waals surface area contributed by atoms with Crippen LogP contribution in [0.2, 0.25) is 0 Å². The van der Waals surface area contributed by atoms with Crippen LogP contribution in [0.3, 0.4) is 0 Å². The summed E-state index contributed by atoms with van der Waals surface area (Å²) in [5.41, 5.74) is 6.39. The Hall–Kier alpha value is -3.75. The summed E-state index contributed by atoms with van der Waals surface area (Å²) in [6.45, 7) is 2.08. The van der Waals surface area contributed by atoms with E-state index in [1.165, 1.54) is 30.4 Å². The molecule has 0 bridgehead atoms. The molecule has 4 aromatic heterocycles. The minimum atomic E-state index is -0.212. The first-order chi connectivity index (χ1) is 16.6. The quantitative estimate of drug-likeness (QED) is 0.386. The highest BCUT2D eigenvalue weighted by molar-refractivity contribution is 5.79. The molecule has 34 heavy (non-hydrogen) atoms. The molecule has 0 aromatic carbocycles. The smallest absolute Gasteiger partial charge is 0.273 e. The first-order valence-electron chi connectivity index (χ1n) is 11.9. The van der Waals surface area contributed by atoms with Gasteiger partial charge in [0.2, 0.25) is 5.91 Å². The van der Waals surface area contributed by atoms with E-state index in [9.17, 15) is 9.59 Å². The number of aryl methyl sites for hydroxylation is 1. The molecule has 1 saturated carbocycles. The molecule has 3 N–H and O–H groups in total. The Bertz CT molecular complexity index is 1320. The second-order valence-electron chi connectivity index (χ2n) is 9.00. The average molecular weight is 460 g/mol. The number of hydrogen-bond acceptors (Lipinski definition) is 5. The van der Waals surface area contributed by atoms with E-state index < -0.39 is 0 Å². The molecule has 0 spiro atoms. The monoisotopic (exact) mass is 459 g/mol. The van der Waals surface area contributed by atoms with Crippen molar-refractivity contribution in [3.05, 3.63) is 75.9 Å². The van der Waals surface area contributed by atoms with E-state index in [4.69, 9.17) is 0 Å². The second-order valence-corrected chi connectivity index (χ2v) is 9.00. The van der Waals surface area contributed by atoms with Gasteiger partial charge in [-0.1, -0.05) is 19.3 Å². The maximum absolute atomic E-state index is 12.6. The van der Waals surface area contributed by atoms with E-state index in [0.717, 1.165) is 29.9 Å². The number of carbonyl (C=O) groups excluding carboxylic acids is 1. The lowest BCUT2D eigenvalue weighted by Gasteiger charge is -2.24. The van der Waals surface area contributed by atoms with Gasteiger partial charge in [-0.05, 0) is 43.2 Å². The fourth-order valence-electron chi connectivity index (χ4n) is 5.24. The number of aromatic amines is 3. The third-order valence-electron chi connectivity index (χ3n) is 6.86. The van der Waals surface area contributed by atoms with Gasteiger partial charge in [-0.3, -0.25) is 29.2 Å². The summed E-state index contributed by atoms with van der Waals surface area (Å²) < 4.78 is 1.55. The molecular weight excluding hydrogens is 430 g/mol. The number of carbonyl (C=O) groups is 1. The fraction of sp³-hybridized carbons (Fsp3) is 0.400. The van der Waals surface area contributed by atoms with Crippen molar-refractivity contribution in [2.45, 2.75) is 64.2 Å². The van der Waals surface area contributed by atoms with Gasteiger partial charge in [0.1, 0.15) is 6.33 Å². The molecule has 4 aromatic rings. The fourth-order valence-corrected chi connectivity index (χ4v) is 5.24. The number of nitrogens with one attached hydrogen (secondary N) is 3. The van der Waals surface area contributed by atoms with Crippen LogP contribution in [-0.4, -0.2) is 40.6 Å². The highest BCUT2D eigenvalue weighted by atomic mass is 16.2. The van der Waals surface area contributed by atoms with Crippen molar-refractivity contribution in [2.75, 3.05) is 0 Å². The number of nitrogens with zero attached hydrogens (tertiary/aromatic N) is 4. The van der Waals surface area contributed by atoms with Crippen LogP contribution in [0.4, 0.5) is 0 Å². The second kappa shape index (κ2) is 9.62. The van der Waals surface area contributed by atoms with E-state index >= 15 is 0 Å². The van der Waals surface area contributed by atoms with Crippen molar-refractivity contribution >= 4 is 5.91 Å². The highest BCUT2D eigenvalue weighted by Gasteiger charge is 2.26. The van der Waals surface area contributed by atoms with Gasteiger partial charge < -0.3 is 10.1 Å². The van der Waals surface area contributed by atoms with Crippen LogP contribution in [0.5, 0.6) is 0 Å². The molecule has 0 aliphatic heterocycles. The predicted octanol–water partition coefficient (Wildman–Crippen LogP) is 3.90. The number of H-pyrrole nitrogens is 3. The van der Waals surface area contributed by atoms with Gasteiger partial charge >= 0.3 is 0 Å². The highest BCUT2D eigenvalue weighted by Crippen LogP contribution is 2.39. The summed E-state index contributed by atoms with van der Waals surface area (Å²) in [5, 5.41) is 5.33. The summed E-state index contributed by atoms with van der Waals surface area (Å²) >= 11 is 0. The lowest BCUT2D eigenvalue weighted by molar-refractivity contribution is 0.0902. The van der Waals surface area contributed by atoms with Crippen LogP contribution < -0.4 is 5.56 Å². The minimum absolute atomic E-state index is 0.0390. The van der Waals surface area contributed by atoms with Crippen molar-refractivity contribution in [1.29, 1.82) is 0 Å². The van der Waals surface area contributed by atoms with Gasteiger partial charge in [0.05, 0.1) is 17.0 Å². The third kappa shape index (κ3) is 4.37. The molecule has 0 unspecified atom stereocenters. The summed E-state index contributed by atoms with van der Waals surface area (Å²) in [5.74, 6) is 0.500. The molecular formula is C25H29N7O2. The largest absolute Gasteiger partial charge is 0.362 e. The zero-order chi connectivity index (χ0) is 23.5. The molecule has 4 heterocycles. The van der Waals surface area contributed by atoms with E-state index in [1.807, 2.05) is 0 Å².